The Morgan fingerprint density at radius 1 is 1.40 bits per heavy atom. The zero-order valence-electron chi connectivity index (χ0n) is 10.4. The normalized spacial score (nSPS) is 9.50. The van der Waals surface area contributed by atoms with E-state index < -0.39 is 11.7 Å². The van der Waals surface area contributed by atoms with Gasteiger partial charge in [0, 0.05) is 18.1 Å². The minimum atomic E-state index is -0.469. The number of halogens is 1. The highest BCUT2D eigenvalue weighted by molar-refractivity contribution is 6.02. The molecule has 1 heterocycles. The number of rotatable bonds is 2. The van der Waals surface area contributed by atoms with Crippen LogP contribution in [0.25, 0.3) is 0 Å². The Hall–Kier alpha value is -2.78. The monoisotopic (exact) mass is 270 g/mol. The van der Waals surface area contributed by atoms with Gasteiger partial charge in [0.1, 0.15) is 11.5 Å². The number of aromatic nitrogens is 2. The second kappa shape index (κ2) is 6.41. The van der Waals surface area contributed by atoms with Crippen molar-refractivity contribution < 1.29 is 9.18 Å². The van der Waals surface area contributed by atoms with Crippen LogP contribution in [-0.4, -0.2) is 22.4 Å². The van der Waals surface area contributed by atoms with E-state index in [9.17, 15) is 9.18 Å². The smallest absolute Gasteiger partial charge is 0.275 e. The average molecular weight is 270 g/mol. The number of carbonyl (C=O) groups is 1. The van der Waals surface area contributed by atoms with Crippen molar-refractivity contribution in [2.45, 2.75) is 0 Å². The van der Waals surface area contributed by atoms with Crippen molar-refractivity contribution in [3.63, 3.8) is 0 Å². The largest absolute Gasteiger partial charge is 0.321 e. The molecular weight excluding hydrogens is 259 g/mol. The van der Waals surface area contributed by atoms with E-state index in [-0.39, 0.29) is 17.8 Å². The first-order valence-corrected chi connectivity index (χ1v) is 5.76. The first-order valence-electron chi connectivity index (χ1n) is 5.76. The molecule has 0 radical (unpaired) electrons. The van der Waals surface area contributed by atoms with Crippen molar-refractivity contribution in [2.75, 3.05) is 11.9 Å². The van der Waals surface area contributed by atoms with E-state index in [1.54, 1.807) is 0 Å². The summed E-state index contributed by atoms with van der Waals surface area (Å²) in [4.78, 5) is 19.5. The molecule has 0 aliphatic carbocycles. The lowest BCUT2D eigenvalue weighted by atomic mass is 10.2. The number of benzene rings is 1. The number of carbonyl (C=O) groups excluding carboxylic acids is 1. The second-order valence-corrected chi connectivity index (χ2v) is 3.75. The van der Waals surface area contributed by atoms with Gasteiger partial charge in [-0.15, -0.1) is 0 Å². The quantitative estimate of drug-likeness (QED) is 0.803. The van der Waals surface area contributed by atoms with Crippen LogP contribution in [0.5, 0.6) is 0 Å². The predicted molar refractivity (Wildman–Crippen MR) is 72.3 cm³/mol. The molecule has 0 saturated heterocycles. The molecule has 0 spiro atoms. The van der Waals surface area contributed by atoms with E-state index in [4.69, 9.17) is 5.73 Å². The van der Waals surface area contributed by atoms with E-state index in [2.05, 4.69) is 27.1 Å². The van der Waals surface area contributed by atoms with Gasteiger partial charge in [0.05, 0.1) is 18.3 Å². The number of anilines is 1. The summed E-state index contributed by atoms with van der Waals surface area (Å²) in [5.41, 5.74) is 6.01. The fourth-order valence-electron chi connectivity index (χ4n) is 1.46. The van der Waals surface area contributed by atoms with E-state index >= 15 is 0 Å². The third-order valence-electron chi connectivity index (χ3n) is 2.35. The third kappa shape index (κ3) is 3.37. The Morgan fingerprint density at radius 2 is 2.25 bits per heavy atom. The molecule has 2 aromatic rings. The van der Waals surface area contributed by atoms with E-state index in [1.165, 1.54) is 36.8 Å². The maximum absolute atomic E-state index is 13.5. The highest BCUT2D eigenvalue weighted by Gasteiger charge is 2.08. The van der Waals surface area contributed by atoms with E-state index in [0.29, 0.717) is 5.69 Å². The molecular formula is C14H11FN4O. The SMILES string of the molecule is NCC#Cc1cc(NC(=O)c2cnccn2)ccc1F. The van der Waals surface area contributed by atoms with Gasteiger partial charge in [0.25, 0.3) is 5.91 Å². The fourth-order valence-corrected chi connectivity index (χ4v) is 1.46. The maximum Gasteiger partial charge on any atom is 0.275 e. The van der Waals surface area contributed by atoms with Crippen LogP contribution in [0.2, 0.25) is 0 Å². The van der Waals surface area contributed by atoms with Crippen molar-refractivity contribution in [3.8, 4) is 11.8 Å². The van der Waals surface area contributed by atoms with E-state index in [0.717, 1.165) is 0 Å². The number of hydrogen-bond acceptors (Lipinski definition) is 4. The first-order chi connectivity index (χ1) is 9.70. The molecule has 6 heteroatoms. The van der Waals surface area contributed by atoms with Gasteiger partial charge in [-0.3, -0.25) is 9.78 Å². The van der Waals surface area contributed by atoms with Crippen LogP contribution < -0.4 is 11.1 Å². The fraction of sp³-hybridized carbons (Fsp3) is 0.0714. The molecule has 1 amide bonds. The number of hydrogen-bond donors (Lipinski definition) is 2. The number of nitrogens with one attached hydrogen (secondary N) is 1. The summed E-state index contributed by atoms with van der Waals surface area (Å²) in [5, 5.41) is 2.60. The minimum absolute atomic E-state index is 0.135. The minimum Gasteiger partial charge on any atom is -0.321 e. The van der Waals surface area contributed by atoms with Crippen LogP contribution in [0.1, 0.15) is 16.1 Å². The first kappa shape index (κ1) is 13.6. The molecule has 20 heavy (non-hydrogen) atoms. The summed E-state index contributed by atoms with van der Waals surface area (Å²) in [6.45, 7) is 0.135. The molecule has 0 atom stereocenters. The molecule has 0 saturated carbocycles. The summed E-state index contributed by atoms with van der Waals surface area (Å²) in [7, 11) is 0. The third-order valence-corrected chi connectivity index (χ3v) is 2.35. The van der Waals surface area contributed by atoms with Gasteiger partial charge in [0.2, 0.25) is 0 Å². The highest BCUT2D eigenvalue weighted by atomic mass is 19.1. The molecule has 0 unspecified atom stereocenters. The summed E-state index contributed by atoms with van der Waals surface area (Å²) in [6, 6.07) is 4.11. The Bertz CT molecular complexity index is 677. The van der Waals surface area contributed by atoms with Gasteiger partial charge in [-0.2, -0.15) is 0 Å². The number of nitrogens with two attached hydrogens (primary N) is 1. The molecule has 100 valence electrons. The highest BCUT2D eigenvalue weighted by Crippen LogP contribution is 2.14. The molecule has 0 aliphatic rings. The van der Waals surface area contributed by atoms with Crippen LogP contribution in [-0.2, 0) is 0 Å². The Balaban J connectivity index is 2.20. The summed E-state index contributed by atoms with van der Waals surface area (Å²) < 4.78 is 13.5. The van der Waals surface area contributed by atoms with Gasteiger partial charge < -0.3 is 11.1 Å². The van der Waals surface area contributed by atoms with Gasteiger partial charge in [-0.25, -0.2) is 9.37 Å². The Kier molecular flexibility index (Phi) is 4.37. The van der Waals surface area contributed by atoms with Gasteiger partial charge in [-0.05, 0) is 18.2 Å². The van der Waals surface area contributed by atoms with Crippen molar-refractivity contribution in [1.82, 2.24) is 9.97 Å². The van der Waals surface area contributed by atoms with Gasteiger partial charge >= 0.3 is 0 Å². The van der Waals surface area contributed by atoms with Gasteiger partial charge in [-0.1, -0.05) is 11.8 Å². The maximum atomic E-state index is 13.5. The van der Waals surface area contributed by atoms with Crippen molar-refractivity contribution in [1.29, 1.82) is 0 Å². The van der Waals surface area contributed by atoms with E-state index in [1.807, 2.05) is 0 Å². The Labute approximate surface area is 115 Å². The van der Waals surface area contributed by atoms with Crippen LogP contribution in [0.4, 0.5) is 10.1 Å². The molecule has 0 bridgehead atoms. The molecule has 5 nitrogen and oxygen atoms in total. The van der Waals surface area contributed by atoms with Crippen molar-refractivity contribution >= 4 is 11.6 Å². The predicted octanol–water partition coefficient (Wildman–Crippen LogP) is 1.18. The summed E-state index contributed by atoms with van der Waals surface area (Å²) >= 11 is 0. The lowest BCUT2D eigenvalue weighted by Gasteiger charge is -2.05. The molecule has 3 N–H and O–H groups in total. The van der Waals surface area contributed by atoms with Crippen molar-refractivity contribution in [2.24, 2.45) is 5.73 Å². The topological polar surface area (TPSA) is 80.9 Å². The zero-order chi connectivity index (χ0) is 14.4. The molecule has 0 fully saturated rings. The number of amides is 1. The average Bonchev–Trinajstić information content (AvgIpc) is 2.48. The molecule has 1 aromatic heterocycles. The van der Waals surface area contributed by atoms with Gasteiger partial charge in [0.15, 0.2) is 0 Å². The molecule has 0 aliphatic heterocycles. The number of nitrogens with zero attached hydrogens (tertiary/aromatic N) is 2. The molecule has 2 rings (SSSR count). The summed E-state index contributed by atoms with van der Waals surface area (Å²) in [6.07, 6.45) is 4.22. The molecule has 1 aromatic carbocycles. The standard InChI is InChI=1S/C14H11FN4O/c15-12-4-3-11(8-10(12)2-1-5-16)19-14(20)13-9-17-6-7-18-13/h3-4,6-9H,5,16H2,(H,19,20). The van der Waals surface area contributed by atoms with Crippen molar-refractivity contribution in [3.05, 3.63) is 53.9 Å². The lowest BCUT2D eigenvalue weighted by molar-refractivity contribution is 0.102. The van der Waals surface area contributed by atoms with Crippen LogP contribution in [0.3, 0.4) is 0 Å². The Morgan fingerprint density at radius 3 is 2.95 bits per heavy atom. The zero-order valence-corrected chi connectivity index (χ0v) is 10.4. The van der Waals surface area contributed by atoms with Crippen LogP contribution in [0, 0.1) is 17.7 Å². The van der Waals surface area contributed by atoms with Crippen LogP contribution >= 0.6 is 0 Å². The second-order valence-electron chi connectivity index (χ2n) is 3.75. The van der Waals surface area contributed by atoms with Crippen LogP contribution in [0.15, 0.2) is 36.8 Å². The summed E-state index contributed by atoms with van der Waals surface area (Å²) in [5.74, 6) is 4.26. The lowest BCUT2D eigenvalue weighted by Crippen LogP contribution is -2.14.